The number of hydrogen-bond donors (Lipinski definition) is 0. The summed E-state index contributed by atoms with van der Waals surface area (Å²) in [6.07, 6.45) is -0.158. The molecule has 15 heavy (non-hydrogen) atoms. The van der Waals surface area contributed by atoms with E-state index in [1.165, 1.54) is 0 Å². The van der Waals surface area contributed by atoms with Crippen molar-refractivity contribution in [1.29, 1.82) is 0 Å². The number of nitrogens with zero attached hydrogens (tertiary/aromatic N) is 2. The Morgan fingerprint density at radius 2 is 2.00 bits per heavy atom. The number of hydrogen-bond acceptors (Lipinski definition) is 3. The van der Waals surface area contributed by atoms with Crippen molar-refractivity contribution in [2.45, 2.75) is 32.8 Å². The van der Waals surface area contributed by atoms with Crippen LogP contribution in [-0.4, -0.2) is 16.1 Å². The molecule has 0 spiro atoms. The second-order valence-electron chi connectivity index (χ2n) is 3.42. The molecule has 1 aromatic rings. The van der Waals surface area contributed by atoms with Crippen molar-refractivity contribution in [2.75, 3.05) is 0 Å². The van der Waals surface area contributed by atoms with Gasteiger partial charge in [-0.15, -0.1) is 0 Å². The van der Waals surface area contributed by atoms with Gasteiger partial charge in [0, 0.05) is 13.0 Å². The van der Waals surface area contributed by atoms with Crippen LogP contribution in [-0.2, 0) is 5.92 Å². The maximum atomic E-state index is 12.9. The van der Waals surface area contributed by atoms with Crippen LogP contribution in [0.3, 0.4) is 0 Å². The van der Waals surface area contributed by atoms with Crippen LogP contribution >= 0.6 is 11.6 Å². The average Bonchev–Trinajstić information content (AvgIpc) is 1.99. The Morgan fingerprint density at radius 1 is 1.40 bits per heavy atom. The lowest BCUT2D eigenvalue weighted by atomic mass is 10.2. The molecule has 1 aromatic heterocycles. The molecule has 3 nitrogen and oxygen atoms in total. The summed E-state index contributed by atoms with van der Waals surface area (Å²) in [5, 5.41) is -0.246. The Hall–Kier alpha value is -0.970. The number of alkyl halides is 2. The van der Waals surface area contributed by atoms with E-state index in [-0.39, 0.29) is 17.3 Å². The van der Waals surface area contributed by atoms with Gasteiger partial charge in [0.15, 0.2) is 0 Å². The lowest BCUT2D eigenvalue weighted by Crippen LogP contribution is -2.13. The first-order chi connectivity index (χ1) is 6.79. The molecule has 0 fully saturated rings. The third-order valence-electron chi connectivity index (χ3n) is 1.48. The highest BCUT2D eigenvalue weighted by atomic mass is 35.5. The summed E-state index contributed by atoms with van der Waals surface area (Å²) in [6.45, 7) is 4.27. The summed E-state index contributed by atoms with van der Waals surface area (Å²) in [6, 6.07) is 1.09. The summed E-state index contributed by atoms with van der Waals surface area (Å²) in [4.78, 5) is 7.12. The van der Waals surface area contributed by atoms with Gasteiger partial charge in [-0.1, -0.05) is 0 Å². The Kier molecular flexibility index (Phi) is 3.44. The van der Waals surface area contributed by atoms with E-state index in [2.05, 4.69) is 9.97 Å². The second kappa shape index (κ2) is 4.26. The summed E-state index contributed by atoms with van der Waals surface area (Å²) in [7, 11) is 0. The van der Waals surface area contributed by atoms with Gasteiger partial charge in [-0.05, 0) is 25.4 Å². The van der Waals surface area contributed by atoms with E-state index in [0.29, 0.717) is 0 Å². The minimum absolute atomic E-state index is 0.0570. The van der Waals surface area contributed by atoms with Gasteiger partial charge in [0.2, 0.25) is 11.2 Å². The second-order valence-corrected chi connectivity index (χ2v) is 3.75. The lowest BCUT2D eigenvalue weighted by molar-refractivity contribution is 0.0121. The molecule has 0 aliphatic rings. The fraction of sp³-hybridized carbons (Fsp3) is 0.556. The molecule has 0 atom stereocenters. The minimum Gasteiger partial charge on any atom is -0.475 e. The number of halogens is 3. The largest absolute Gasteiger partial charge is 0.475 e. The molecule has 6 heteroatoms. The molecule has 0 radical (unpaired) electrons. The van der Waals surface area contributed by atoms with Crippen LogP contribution in [0.1, 0.15) is 26.5 Å². The first kappa shape index (κ1) is 12.1. The molecule has 1 heterocycles. The molecule has 0 aliphatic carbocycles. The molecule has 0 saturated heterocycles. The molecule has 0 unspecified atom stereocenters. The van der Waals surface area contributed by atoms with Crippen molar-refractivity contribution in [3.63, 3.8) is 0 Å². The third-order valence-corrected chi connectivity index (χ3v) is 1.65. The molecular formula is C9H11ClF2N2O. The van der Waals surface area contributed by atoms with Crippen LogP contribution in [0.4, 0.5) is 8.78 Å². The topological polar surface area (TPSA) is 35.0 Å². The van der Waals surface area contributed by atoms with Crippen molar-refractivity contribution in [1.82, 2.24) is 9.97 Å². The van der Waals surface area contributed by atoms with Crippen molar-refractivity contribution in [3.05, 3.63) is 17.0 Å². The zero-order valence-corrected chi connectivity index (χ0v) is 9.35. The van der Waals surface area contributed by atoms with E-state index >= 15 is 0 Å². The first-order valence-corrected chi connectivity index (χ1v) is 4.76. The van der Waals surface area contributed by atoms with Crippen molar-refractivity contribution in [2.24, 2.45) is 0 Å². The van der Waals surface area contributed by atoms with Gasteiger partial charge in [0.1, 0.15) is 5.69 Å². The van der Waals surface area contributed by atoms with Crippen LogP contribution in [0.25, 0.3) is 0 Å². The predicted octanol–water partition coefficient (Wildman–Crippen LogP) is 3.03. The molecule has 0 aliphatic heterocycles. The third kappa shape index (κ3) is 3.58. The van der Waals surface area contributed by atoms with Crippen LogP contribution in [0.15, 0.2) is 6.07 Å². The van der Waals surface area contributed by atoms with Gasteiger partial charge in [-0.3, -0.25) is 0 Å². The summed E-state index contributed by atoms with van der Waals surface area (Å²) < 4.78 is 31.1. The highest BCUT2D eigenvalue weighted by Crippen LogP contribution is 2.28. The minimum atomic E-state index is -3.05. The predicted molar refractivity (Wildman–Crippen MR) is 52.4 cm³/mol. The molecule has 0 aromatic carbocycles. The monoisotopic (exact) mass is 236 g/mol. The molecule has 0 amide bonds. The van der Waals surface area contributed by atoms with Gasteiger partial charge in [0.25, 0.3) is 5.92 Å². The smallest absolute Gasteiger partial charge is 0.287 e. The summed E-state index contributed by atoms with van der Waals surface area (Å²) in [5.41, 5.74) is -0.446. The Morgan fingerprint density at radius 3 is 2.47 bits per heavy atom. The Labute approximate surface area is 91.4 Å². The number of rotatable bonds is 3. The normalized spacial score (nSPS) is 11.9. The van der Waals surface area contributed by atoms with E-state index in [1.807, 2.05) is 0 Å². The van der Waals surface area contributed by atoms with E-state index < -0.39 is 11.6 Å². The molecule has 84 valence electrons. The summed E-state index contributed by atoms with van der Waals surface area (Å²) in [5.74, 6) is -3.00. The number of ether oxygens (including phenoxy) is 1. The molecule has 1 rings (SSSR count). The zero-order valence-electron chi connectivity index (χ0n) is 8.59. The SMILES string of the molecule is CC(C)Oc1cc(C(C)(F)F)nc(Cl)n1. The van der Waals surface area contributed by atoms with Gasteiger partial charge in [-0.2, -0.15) is 13.8 Å². The fourth-order valence-corrected chi connectivity index (χ4v) is 1.10. The Balaban J connectivity index is 3.06. The van der Waals surface area contributed by atoms with E-state index in [9.17, 15) is 8.78 Å². The molecule has 0 saturated carbocycles. The Bertz CT molecular complexity index is 352. The van der Waals surface area contributed by atoms with Crippen LogP contribution < -0.4 is 4.74 Å². The molecule has 0 bridgehead atoms. The highest BCUT2D eigenvalue weighted by Gasteiger charge is 2.27. The quantitative estimate of drug-likeness (QED) is 0.757. The van der Waals surface area contributed by atoms with Gasteiger partial charge < -0.3 is 4.74 Å². The lowest BCUT2D eigenvalue weighted by Gasteiger charge is -2.13. The highest BCUT2D eigenvalue weighted by molar-refractivity contribution is 6.28. The zero-order chi connectivity index (χ0) is 11.6. The van der Waals surface area contributed by atoms with Crippen LogP contribution in [0.2, 0.25) is 5.28 Å². The maximum absolute atomic E-state index is 12.9. The first-order valence-electron chi connectivity index (χ1n) is 4.38. The van der Waals surface area contributed by atoms with Crippen molar-refractivity contribution in [3.8, 4) is 5.88 Å². The van der Waals surface area contributed by atoms with E-state index in [0.717, 1.165) is 13.0 Å². The molecule has 0 N–H and O–H groups in total. The van der Waals surface area contributed by atoms with Gasteiger partial charge in [0.05, 0.1) is 6.10 Å². The van der Waals surface area contributed by atoms with Gasteiger partial charge >= 0.3 is 0 Å². The van der Waals surface area contributed by atoms with Gasteiger partial charge in [-0.25, -0.2) is 4.98 Å². The van der Waals surface area contributed by atoms with Crippen LogP contribution in [0, 0.1) is 0 Å². The van der Waals surface area contributed by atoms with Crippen molar-refractivity contribution < 1.29 is 13.5 Å². The number of aromatic nitrogens is 2. The van der Waals surface area contributed by atoms with Crippen molar-refractivity contribution >= 4 is 11.6 Å². The maximum Gasteiger partial charge on any atom is 0.287 e. The molecular weight excluding hydrogens is 226 g/mol. The van der Waals surface area contributed by atoms with Crippen LogP contribution in [0.5, 0.6) is 5.88 Å². The fourth-order valence-electron chi connectivity index (χ4n) is 0.924. The van der Waals surface area contributed by atoms with E-state index in [1.54, 1.807) is 13.8 Å². The average molecular weight is 237 g/mol. The van der Waals surface area contributed by atoms with E-state index in [4.69, 9.17) is 16.3 Å². The summed E-state index contributed by atoms with van der Waals surface area (Å²) >= 11 is 5.50. The standard InChI is InChI=1S/C9H11ClF2N2O/c1-5(2)15-7-4-6(9(3,11)12)13-8(10)14-7/h4-5H,1-3H3.